The van der Waals surface area contributed by atoms with Gasteiger partial charge in [-0.15, -0.1) is 0 Å². The van der Waals surface area contributed by atoms with Gasteiger partial charge >= 0.3 is 0 Å². The molecule has 84 valence electrons. The number of anilines is 1. The summed E-state index contributed by atoms with van der Waals surface area (Å²) in [5, 5.41) is 3.05. The molecular weight excluding hydrogens is 190 g/mol. The van der Waals surface area contributed by atoms with Crippen LogP contribution in [0.2, 0.25) is 0 Å². The van der Waals surface area contributed by atoms with Gasteiger partial charge in [-0.2, -0.15) is 4.98 Å². The molecule has 1 aromatic heterocycles. The second-order valence-electron chi connectivity index (χ2n) is 4.53. The van der Waals surface area contributed by atoms with E-state index in [1.165, 1.54) is 0 Å². The minimum atomic E-state index is -0.0768. The van der Waals surface area contributed by atoms with Crippen molar-refractivity contribution in [3.05, 3.63) is 11.4 Å². The summed E-state index contributed by atoms with van der Waals surface area (Å²) in [5.74, 6) is 2.25. The summed E-state index contributed by atoms with van der Waals surface area (Å²) < 4.78 is 5.23. The van der Waals surface area contributed by atoms with Crippen molar-refractivity contribution < 1.29 is 4.74 Å². The maximum atomic E-state index is 5.23. The molecule has 0 spiro atoms. The molecule has 0 aliphatic rings. The molecule has 0 radical (unpaired) electrons. The third-order valence-electron chi connectivity index (χ3n) is 2.20. The Hall–Kier alpha value is -1.32. The molecule has 4 nitrogen and oxygen atoms in total. The summed E-state index contributed by atoms with van der Waals surface area (Å²) in [7, 11) is 3.47. The number of ether oxygens (including phenoxy) is 1. The van der Waals surface area contributed by atoms with E-state index in [1.807, 2.05) is 14.0 Å². The first kappa shape index (κ1) is 11.8. The highest BCUT2D eigenvalue weighted by Gasteiger charge is 2.21. The second kappa shape index (κ2) is 4.04. The van der Waals surface area contributed by atoms with Gasteiger partial charge in [-0.1, -0.05) is 20.8 Å². The summed E-state index contributed by atoms with van der Waals surface area (Å²) in [6.45, 7) is 8.18. The van der Waals surface area contributed by atoms with Crippen LogP contribution < -0.4 is 10.1 Å². The molecule has 1 heterocycles. The average molecular weight is 209 g/mol. The average Bonchev–Trinajstić information content (AvgIpc) is 2.16. The van der Waals surface area contributed by atoms with Crippen molar-refractivity contribution in [2.24, 2.45) is 0 Å². The zero-order valence-corrected chi connectivity index (χ0v) is 10.3. The molecule has 0 atom stereocenters. The van der Waals surface area contributed by atoms with Crippen LogP contribution in [0, 0.1) is 6.92 Å². The minimum absolute atomic E-state index is 0.0768. The first-order chi connectivity index (χ1) is 6.90. The van der Waals surface area contributed by atoms with Gasteiger partial charge < -0.3 is 10.1 Å². The SMILES string of the molecule is CNc1nc(C(C)(C)C)nc(OC)c1C. The van der Waals surface area contributed by atoms with Gasteiger partial charge in [-0.3, -0.25) is 0 Å². The number of nitrogens with zero attached hydrogens (tertiary/aromatic N) is 2. The molecule has 0 fully saturated rings. The van der Waals surface area contributed by atoms with E-state index < -0.39 is 0 Å². The molecule has 0 saturated heterocycles. The predicted octanol–water partition coefficient (Wildman–Crippen LogP) is 2.13. The van der Waals surface area contributed by atoms with E-state index in [0.717, 1.165) is 17.2 Å². The zero-order valence-electron chi connectivity index (χ0n) is 10.3. The van der Waals surface area contributed by atoms with Gasteiger partial charge in [-0.05, 0) is 6.92 Å². The molecular formula is C11H19N3O. The van der Waals surface area contributed by atoms with E-state index in [9.17, 15) is 0 Å². The summed E-state index contributed by atoms with van der Waals surface area (Å²) in [6.07, 6.45) is 0. The number of nitrogens with one attached hydrogen (secondary N) is 1. The van der Waals surface area contributed by atoms with Crippen molar-refractivity contribution in [1.82, 2.24) is 9.97 Å². The van der Waals surface area contributed by atoms with E-state index in [-0.39, 0.29) is 5.41 Å². The smallest absolute Gasteiger partial charge is 0.221 e. The van der Waals surface area contributed by atoms with Gasteiger partial charge in [0.2, 0.25) is 5.88 Å². The third kappa shape index (κ3) is 2.37. The summed E-state index contributed by atoms with van der Waals surface area (Å²) in [6, 6.07) is 0. The van der Waals surface area contributed by atoms with Gasteiger partial charge in [0, 0.05) is 12.5 Å². The highest BCUT2D eigenvalue weighted by molar-refractivity contribution is 5.48. The van der Waals surface area contributed by atoms with E-state index in [2.05, 4.69) is 36.1 Å². The van der Waals surface area contributed by atoms with E-state index in [1.54, 1.807) is 7.11 Å². The highest BCUT2D eigenvalue weighted by Crippen LogP contribution is 2.26. The molecule has 1 aromatic rings. The van der Waals surface area contributed by atoms with Crippen LogP contribution >= 0.6 is 0 Å². The van der Waals surface area contributed by atoms with Crippen LogP contribution in [0.25, 0.3) is 0 Å². The fraction of sp³-hybridized carbons (Fsp3) is 0.636. The Bertz CT molecular complexity index is 330. The lowest BCUT2D eigenvalue weighted by Crippen LogP contribution is -2.18. The molecule has 1 rings (SSSR count). The normalized spacial score (nSPS) is 11.3. The van der Waals surface area contributed by atoms with Crippen LogP contribution in [-0.4, -0.2) is 24.1 Å². The summed E-state index contributed by atoms with van der Waals surface area (Å²) in [4.78, 5) is 8.87. The Labute approximate surface area is 91.1 Å². The molecule has 0 bridgehead atoms. The van der Waals surface area contributed by atoms with Crippen LogP contribution in [-0.2, 0) is 5.41 Å². The van der Waals surface area contributed by atoms with Crippen molar-refractivity contribution in [2.75, 3.05) is 19.5 Å². The van der Waals surface area contributed by atoms with Gasteiger partial charge in [0.25, 0.3) is 0 Å². The minimum Gasteiger partial charge on any atom is -0.481 e. The molecule has 4 heteroatoms. The largest absolute Gasteiger partial charge is 0.481 e. The predicted molar refractivity (Wildman–Crippen MR) is 61.6 cm³/mol. The zero-order chi connectivity index (χ0) is 11.6. The number of hydrogen-bond acceptors (Lipinski definition) is 4. The first-order valence-corrected chi connectivity index (χ1v) is 5.01. The maximum Gasteiger partial charge on any atom is 0.221 e. The lowest BCUT2D eigenvalue weighted by Gasteiger charge is -2.19. The number of rotatable bonds is 2. The monoisotopic (exact) mass is 209 g/mol. The number of aromatic nitrogens is 2. The molecule has 15 heavy (non-hydrogen) atoms. The molecule has 0 aliphatic carbocycles. The van der Waals surface area contributed by atoms with Crippen molar-refractivity contribution in [1.29, 1.82) is 0 Å². The van der Waals surface area contributed by atoms with Crippen molar-refractivity contribution in [2.45, 2.75) is 33.1 Å². The standard InChI is InChI=1S/C11H19N3O/c1-7-8(12-5)13-10(11(2,3)4)14-9(7)15-6/h1-6H3,(H,12,13,14). The number of hydrogen-bond donors (Lipinski definition) is 1. The van der Waals surface area contributed by atoms with Crippen LogP contribution in [0.5, 0.6) is 5.88 Å². The van der Waals surface area contributed by atoms with E-state index in [0.29, 0.717) is 5.88 Å². The molecule has 0 aliphatic heterocycles. The Morgan fingerprint density at radius 3 is 2.20 bits per heavy atom. The van der Waals surface area contributed by atoms with Crippen LogP contribution in [0.1, 0.15) is 32.2 Å². The molecule has 1 N–H and O–H groups in total. The third-order valence-corrected chi connectivity index (χ3v) is 2.20. The second-order valence-corrected chi connectivity index (χ2v) is 4.53. The summed E-state index contributed by atoms with van der Waals surface area (Å²) in [5.41, 5.74) is 0.861. The first-order valence-electron chi connectivity index (χ1n) is 5.01. The van der Waals surface area contributed by atoms with E-state index in [4.69, 9.17) is 4.74 Å². The van der Waals surface area contributed by atoms with Gasteiger partial charge in [0.15, 0.2) is 0 Å². The van der Waals surface area contributed by atoms with Gasteiger partial charge in [0.05, 0.1) is 12.7 Å². The Balaban J connectivity index is 3.33. The maximum absolute atomic E-state index is 5.23. The van der Waals surface area contributed by atoms with Crippen molar-refractivity contribution in [3.8, 4) is 5.88 Å². The lowest BCUT2D eigenvalue weighted by molar-refractivity contribution is 0.386. The Kier molecular flexibility index (Phi) is 3.17. The van der Waals surface area contributed by atoms with Crippen LogP contribution in [0.4, 0.5) is 5.82 Å². The fourth-order valence-electron chi connectivity index (χ4n) is 1.27. The molecule has 0 saturated carbocycles. The molecule has 0 amide bonds. The highest BCUT2D eigenvalue weighted by atomic mass is 16.5. The fourth-order valence-corrected chi connectivity index (χ4v) is 1.27. The topological polar surface area (TPSA) is 47.0 Å². The van der Waals surface area contributed by atoms with Gasteiger partial charge in [0.1, 0.15) is 11.6 Å². The van der Waals surface area contributed by atoms with Crippen LogP contribution in [0.15, 0.2) is 0 Å². The Morgan fingerprint density at radius 1 is 1.20 bits per heavy atom. The quantitative estimate of drug-likeness (QED) is 0.810. The molecule has 0 unspecified atom stereocenters. The lowest BCUT2D eigenvalue weighted by atomic mass is 9.95. The van der Waals surface area contributed by atoms with Crippen LogP contribution in [0.3, 0.4) is 0 Å². The summed E-state index contributed by atoms with van der Waals surface area (Å²) >= 11 is 0. The molecule has 0 aromatic carbocycles. The van der Waals surface area contributed by atoms with Crippen molar-refractivity contribution >= 4 is 5.82 Å². The number of methoxy groups -OCH3 is 1. The Morgan fingerprint density at radius 2 is 1.80 bits per heavy atom. The van der Waals surface area contributed by atoms with Crippen molar-refractivity contribution in [3.63, 3.8) is 0 Å². The van der Waals surface area contributed by atoms with E-state index >= 15 is 0 Å². The van der Waals surface area contributed by atoms with Gasteiger partial charge in [-0.25, -0.2) is 4.98 Å².